The van der Waals surface area contributed by atoms with E-state index in [4.69, 9.17) is 9.15 Å². The molecule has 0 saturated heterocycles. The fourth-order valence-corrected chi connectivity index (χ4v) is 1.96. The second-order valence-corrected chi connectivity index (χ2v) is 4.65. The summed E-state index contributed by atoms with van der Waals surface area (Å²) in [6.45, 7) is 0.111. The Hall–Kier alpha value is -3.09. The summed E-state index contributed by atoms with van der Waals surface area (Å²) in [4.78, 5) is 15.3. The number of rotatable bonds is 4. The van der Waals surface area contributed by atoms with Crippen molar-refractivity contribution in [1.82, 2.24) is 4.98 Å². The van der Waals surface area contributed by atoms with Crippen LogP contribution >= 0.6 is 0 Å². The van der Waals surface area contributed by atoms with Crippen molar-refractivity contribution in [2.75, 3.05) is 12.4 Å². The van der Waals surface area contributed by atoms with Crippen LogP contribution in [-0.4, -0.2) is 18.2 Å². The molecule has 1 amide bonds. The number of benzene rings is 2. The second kappa shape index (κ2) is 6.35. The number of hydrogen-bond acceptors (Lipinski definition) is 5. The standard InChI is InChI=1S/C16H13FN2O4/c1-21-16(20)18-11-3-5-12(6-4-11)22-9-15-19-13-7-2-10(17)8-14(13)23-15/h2-8H,9H2,1H3,(H,18,20). The van der Waals surface area contributed by atoms with Gasteiger partial charge in [0.2, 0.25) is 5.89 Å². The number of hydrogen-bond donors (Lipinski definition) is 1. The molecule has 1 aromatic heterocycles. The second-order valence-electron chi connectivity index (χ2n) is 4.65. The predicted molar refractivity (Wildman–Crippen MR) is 80.8 cm³/mol. The van der Waals surface area contributed by atoms with Gasteiger partial charge in [0, 0.05) is 11.8 Å². The molecular formula is C16H13FN2O4. The first-order valence-corrected chi connectivity index (χ1v) is 6.77. The number of aromatic nitrogens is 1. The molecule has 0 aliphatic rings. The van der Waals surface area contributed by atoms with E-state index >= 15 is 0 Å². The largest absolute Gasteiger partial charge is 0.484 e. The molecule has 2 aromatic carbocycles. The zero-order valence-corrected chi connectivity index (χ0v) is 12.2. The molecule has 0 saturated carbocycles. The quantitative estimate of drug-likeness (QED) is 0.794. The van der Waals surface area contributed by atoms with E-state index in [1.54, 1.807) is 30.3 Å². The van der Waals surface area contributed by atoms with Crippen LogP contribution in [0.2, 0.25) is 0 Å². The number of oxazole rings is 1. The van der Waals surface area contributed by atoms with Gasteiger partial charge >= 0.3 is 6.09 Å². The summed E-state index contributed by atoms with van der Waals surface area (Å²) in [5.41, 5.74) is 1.53. The van der Waals surface area contributed by atoms with E-state index < -0.39 is 6.09 Å². The lowest BCUT2D eigenvalue weighted by Crippen LogP contribution is -2.10. The zero-order valence-electron chi connectivity index (χ0n) is 12.2. The van der Waals surface area contributed by atoms with Crippen molar-refractivity contribution in [3.63, 3.8) is 0 Å². The number of fused-ring (bicyclic) bond motifs is 1. The third-order valence-corrected chi connectivity index (χ3v) is 3.04. The fourth-order valence-electron chi connectivity index (χ4n) is 1.96. The molecule has 3 rings (SSSR count). The van der Waals surface area contributed by atoms with Crippen molar-refractivity contribution in [1.29, 1.82) is 0 Å². The van der Waals surface area contributed by atoms with Gasteiger partial charge < -0.3 is 13.9 Å². The average molecular weight is 316 g/mol. The van der Waals surface area contributed by atoms with Crippen LogP contribution in [0.15, 0.2) is 46.9 Å². The van der Waals surface area contributed by atoms with E-state index in [2.05, 4.69) is 15.0 Å². The summed E-state index contributed by atoms with van der Waals surface area (Å²) in [5, 5.41) is 2.53. The molecule has 7 heteroatoms. The van der Waals surface area contributed by atoms with Gasteiger partial charge in [-0.2, -0.15) is 0 Å². The molecule has 1 heterocycles. The first-order valence-electron chi connectivity index (χ1n) is 6.77. The number of nitrogens with zero attached hydrogens (tertiary/aromatic N) is 1. The van der Waals surface area contributed by atoms with Gasteiger partial charge in [-0.1, -0.05) is 0 Å². The summed E-state index contributed by atoms with van der Waals surface area (Å²) in [7, 11) is 1.29. The smallest absolute Gasteiger partial charge is 0.411 e. The zero-order chi connectivity index (χ0) is 16.2. The number of carbonyl (C=O) groups excluding carboxylic acids is 1. The summed E-state index contributed by atoms with van der Waals surface area (Å²) >= 11 is 0. The lowest BCUT2D eigenvalue weighted by molar-refractivity contribution is 0.187. The molecule has 0 aliphatic carbocycles. The molecule has 1 N–H and O–H groups in total. The summed E-state index contributed by atoms with van der Waals surface area (Å²) in [6, 6.07) is 10.9. The van der Waals surface area contributed by atoms with E-state index in [1.807, 2.05) is 0 Å². The molecule has 0 atom stereocenters. The van der Waals surface area contributed by atoms with Gasteiger partial charge in [-0.25, -0.2) is 14.2 Å². The van der Waals surface area contributed by atoms with Crippen molar-refractivity contribution in [2.24, 2.45) is 0 Å². The normalized spacial score (nSPS) is 10.5. The summed E-state index contributed by atoms with van der Waals surface area (Å²) < 4.78 is 28.5. The molecule has 6 nitrogen and oxygen atoms in total. The van der Waals surface area contributed by atoms with Gasteiger partial charge in [-0.3, -0.25) is 5.32 Å². The Bertz CT molecular complexity index is 830. The van der Waals surface area contributed by atoms with Crippen LogP contribution in [0.4, 0.5) is 14.9 Å². The van der Waals surface area contributed by atoms with Gasteiger partial charge in [0.15, 0.2) is 12.2 Å². The van der Waals surface area contributed by atoms with Crippen LogP contribution in [0.25, 0.3) is 11.1 Å². The molecule has 0 bridgehead atoms. The average Bonchev–Trinajstić information content (AvgIpc) is 2.96. The molecule has 0 spiro atoms. The lowest BCUT2D eigenvalue weighted by atomic mass is 10.3. The third-order valence-electron chi connectivity index (χ3n) is 3.04. The minimum atomic E-state index is -0.544. The Balaban J connectivity index is 1.63. The maximum absolute atomic E-state index is 13.1. The van der Waals surface area contributed by atoms with Gasteiger partial charge in [-0.05, 0) is 36.4 Å². The highest BCUT2D eigenvalue weighted by molar-refractivity contribution is 5.84. The van der Waals surface area contributed by atoms with Crippen LogP contribution in [0, 0.1) is 5.82 Å². The van der Waals surface area contributed by atoms with E-state index in [-0.39, 0.29) is 12.4 Å². The number of amides is 1. The number of halogens is 1. The molecular weight excluding hydrogens is 303 g/mol. The lowest BCUT2D eigenvalue weighted by Gasteiger charge is -2.06. The highest BCUT2D eigenvalue weighted by Crippen LogP contribution is 2.20. The monoisotopic (exact) mass is 316 g/mol. The highest BCUT2D eigenvalue weighted by Gasteiger charge is 2.08. The molecule has 118 valence electrons. The van der Waals surface area contributed by atoms with Crippen molar-refractivity contribution in [3.05, 3.63) is 54.2 Å². The van der Waals surface area contributed by atoms with Crippen molar-refractivity contribution < 1.29 is 23.1 Å². The van der Waals surface area contributed by atoms with E-state index in [0.29, 0.717) is 28.4 Å². The van der Waals surface area contributed by atoms with Crippen LogP contribution in [0.3, 0.4) is 0 Å². The van der Waals surface area contributed by atoms with Crippen LogP contribution in [-0.2, 0) is 11.3 Å². The summed E-state index contributed by atoms with van der Waals surface area (Å²) in [6.07, 6.45) is -0.544. The number of carbonyl (C=O) groups is 1. The van der Waals surface area contributed by atoms with E-state index in [1.165, 1.54) is 19.2 Å². The predicted octanol–water partition coefficient (Wildman–Crippen LogP) is 3.72. The topological polar surface area (TPSA) is 73.6 Å². The maximum atomic E-state index is 13.1. The number of methoxy groups -OCH3 is 1. The molecule has 0 unspecified atom stereocenters. The van der Waals surface area contributed by atoms with Crippen LogP contribution in [0.5, 0.6) is 5.75 Å². The molecule has 23 heavy (non-hydrogen) atoms. The fraction of sp³-hybridized carbons (Fsp3) is 0.125. The molecule has 0 radical (unpaired) electrons. The Kier molecular flexibility index (Phi) is 4.09. The van der Waals surface area contributed by atoms with Gasteiger partial charge in [0.1, 0.15) is 17.1 Å². The van der Waals surface area contributed by atoms with Crippen molar-refractivity contribution in [2.45, 2.75) is 6.61 Å². The summed E-state index contributed by atoms with van der Waals surface area (Å²) in [5.74, 6) is 0.547. The minimum Gasteiger partial charge on any atom is -0.484 e. The van der Waals surface area contributed by atoms with Gasteiger partial charge in [-0.15, -0.1) is 0 Å². The molecule has 3 aromatic rings. The highest BCUT2D eigenvalue weighted by atomic mass is 19.1. The van der Waals surface area contributed by atoms with Crippen molar-refractivity contribution in [3.8, 4) is 5.75 Å². The minimum absolute atomic E-state index is 0.111. The number of anilines is 1. The number of ether oxygens (including phenoxy) is 2. The molecule has 0 fully saturated rings. The Morgan fingerprint density at radius 2 is 2.04 bits per heavy atom. The van der Waals surface area contributed by atoms with Gasteiger partial charge in [0.05, 0.1) is 7.11 Å². The molecule has 0 aliphatic heterocycles. The first-order chi connectivity index (χ1) is 11.1. The Morgan fingerprint density at radius 3 is 2.78 bits per heavy atom. The third kappa shape index (κ3) is 3.57. The number of nitrogens with one attached hydrogen (secondary N) is 1. The SMILES string of the molecule is COC(=O)Nc1ccc(OCc2nc3ccc(F)cc3o2)cc1. The van der Waals surface area contributed by atoms with E-state index in [0.717, 1.165) is 0 Å². The maximum Gasteiger partial charge on any atom is 0.411 e. The Labute approximate surface area is 130 Å². The van der Waals surface area contributed by atoms with E-state index in [9.17, 15) is 9.18 Å². The first kappa shape index (κ1) is 14.8. The van der Waals surface area contributed by atoms with Crippen molar-refractivity contribution >= 4 is 22.9 Å². The van der Waals surface area contributed by atoms with Crippen LogP contribution in [0.1, 0.15) is 5.89 Å². The Morgan fingerprint density at radius 1 is 1.26 bits per heavy atom. The van der Waals surface area contributed by atoms with Gasteiger partial charge in [0.25, 0.3) is 0 Å². The van der Waals surface area contributed by atoms with Crippen LogP contribution < -0.4 is 10.1 Å².